The predicted molar refractivity (Wildman–Crippen MR) is 136 cm³/mol. The normalized spacial score (nSPS) is 17.5. The highest BCUT2D eigenvalue weighted by atomic mass is 32.1. The zero-order valence-corrected chi connectivity index (χ0v) is 20.6. The summed E-state index contributed by atoms with van der Waals surface area (Å²) in [6, 6.07) is 8.65. The molecule has 2 aliphatic heterocycles. The van der Waals surface area contributed by atoms with Crippen molar-refractivity contribution in [1.82, 2.24) is 24.8 Å². The fourth-order valence-electron chi connectivity index (χ4n) is 4.80. The Morgan fingerprint density at radius 1 is 1.09 bits per heavy atom. The molecule has 0 aromatic carbocycles. The monoisotopic (exact) mass is 475 g/mol. The van der Waals surface area contributed by atoms with Crippen molar-refractivity contribution >= 4 is 27.7 Å². The minimum atomic E-state index is 0.272. The first-order valence-electron chi connectivity index (χ1n) is 11.9. The number of nitrogens with one attached hydrogen (secondary N) is 1. The molecule has 8 nitrogen and oxygen atoms in total. The zero-order valence-electron chi connectivity index (χ0n) is 19.8. The van der Waals surface area contributed by atoms with Gasteiger partial charge in [0, 0.05) is 36.4 Å². The molecule has 176 valence electrons. The summed E-state index contributed by atoms with van der Waals surface area (Å²) >= 11 is 1.64. The lowest BCUT2D eigenvalue weighted by Gasteiger charge is -2.47. The van der Waals surface area contributed by atoms with Gasteiger partial charge in [-0.15, -0.1) is 10.2 Å². The number of aryl methyl sites for hydroxylation is 1. The van der Waals surface area contributed by atoms with E-state index < -0.39 is 0 Å². The number of piperidine rings is 1. The van der Waals surface area contributed by atoms with Gasteiger partial charge in [-0.1, -0.05) is 11.3 Å². The average molecular weight is 476 g/mol. The summed E-state index contributed by atoms with van der Waals surface area (Å²) in [5.74, 6) is 0. The molecule has 9 heteroatoms. The SMILES string of the molecule is Cc1cnn2c(-c3cc(NC(C)C)c(-c4nnc(N5CCC6(CC5)COC6)s4)cn3)ccc2c1. The predicted octanol–water partition coefficient (Wildman–Crippen LogP) is 4.66. The van der Waals surface area contributed by atoms with Gasteiger partial charge in [-0.2, -0.15) is 5.10 Å². The van der Waals surface area contributed by atoms with Gasteiger partial charge < -0.3 is 15.0 Å². The number of anilines is 2. The minimum absolute atomic E-state index is 0.272. The van der Waals surface area contributed by atoms with E-state index in [1.165, 1.54) is 0 Å². The van der Waals surface area contributed by atoms with Crippen molar-refractivity contribution in [1.29, 1.82) is 0 Å². The summed E-state index contributed by atoms with van der Waals surface area (Å²) in [4.78, 5) is 7.17. The van der Waals surface area contributed by atoms with Crippen LogP contribution in [0.1, 0.15) is 32.3 Å². The third-order valence-electron chi connectivity index (χ3n) is 6.80. The van der Waals surface area contributed by atoms with Crippen LogP contribution in [0.4, 0.5) is 10.8 Å². The molecule has 0 atom stereocenters. The highest BCUT2D eigenvalue weighted by Gasteiger charge is 2.41. The number of aromatic nitrogens is 5. The second-order valence-corrected chi connectivity index (χ2v) is 10.8. The van der Waals surface area contributed by atoms with Crippen LogP contribution >= 0.6 is 11.3 Å². The topological polar surface area (TPSA) is 80.5 Å². The zero-order chi connectivity index (χ0) is 23.3. The van der Waals surface area contributed by atoms with Crippen molar-refractivity contribution < 1.29 is 4.74 Å². The number of fused-ring (bicyclic) bond motifs is 1. The Balaban J connectivity index is 1.31. The van der Waals surface area contributed by atoms with E-state index in [4.69, 9.17) is 9.72 Å². The summed E-state index contributed by atoms with van der Waals surface area (Å²) in [6.07, 6.45) is 6.12. The van der Waals surface area contributed by atoms with Crippen LogP contribution in [0, 0.1) is 12.3 Å². The van der Waals surface area contributed by atoms with Gasteiger partial charge in [-0.25, -0.2) is 4.52 Å². The van der Waals surface area contributed by atoms with E-state index in [0.717, 1.165) is 83.0 Å². The quantitative estimate of drug-likeness (QED) is 0.450. The van der Waals surface area contributed by atoms with Crippen molar-refractivity contribution in [3.8, 4) is 22.0 Å². The standard InChI is InChI=1S/C25H29N7OS/c1-16(2)28-20-11-21(22-5-4-18-10-17(3)12-27-32(18)22)26-13-19(20)23-29-30-24(34-23)31-8-6-25(7-9-31)14-33-15-25/h4-5,10-13,16H,6-9,14-15H2,1-3H3,(H,26,28). The summed E-state index contributed by atoms with van der Waals surface area (Å²) in [6.45, 7) is 10.2. The average Bonchev–Trinajstić information content (AvgIpc) is 3.45. The van der Waals surface area contributed by atoms with Crippen molar-refractivity contribution in [3.05, 3.63) is 42.2 Å². The van der Waals surface area contributed by atoms with Gasteiger partial charge in [0.15, 0.2) is 5.01 Å². The van der Waals surface area contributed by atoms with Gasteiger partial charge in [0.05, 0.1) is 41.9 Å². The number of pyridine rings is 1. The van der Waals surface area contributed by atoms with Gasteiger partial charge in [0.1, 0.15) is 0 Å². The van der Waals surface area contributed by atoms with Crippen LogP contribution in [0.25, 0.3) is 27.5 Å². The van der Waals surface area contributed by atoms with Crippen LogP contribution < -0.4 is 10.2 Å². The fraction of sp³-hybridized carbons (Fsp3) is 0.440. The Kier molecular flexibility index (Phi) is 5.26. The molecule has 2 saturated heterocycles. The molecule has 0 aliphatic carbocycles. The van der Waals surface area contributed by atoms with Crippen molar-refractivity contribution in [3.63, 3.8) is 0 Å². The van der Waals surface area contributed by atoms with E-state index in [1.54, 1.807) is 11.3 Å². The van der Waals surface area contributed by atoms with Gasteiger partial charge in [0.2, 0.25) is 5.13 Å². The molecule has 0 unspecified atom stereocenters. The summed E-state index contributed by atoms with van der Waals surface area (Å²) in [7, 11) is 0. The molecule has 1 N–H and O–H groups in total. The van der Waals surface area contributed by atoms with Gasteiger partial charge in [-0.3, -0.25) is 4.98 Å². The number of nitrogens with zero attached hydrogens (tertiary/aromatic N) is 6. The lowest BCUT2D eigenvalue weighted by atomic mass is 9.77. The summed E-state index contributed by atoms with van der Waals surface area (Å²) in [5, 5.41) is 19.1. The van der Waals surface area contributed by atoms with Crippen LogP contribution in [0.15, 0.2) is 36.7 Å². The Morgan fingerprint density at radius 3 is 2.65 bits per heavy atom. The van der Waals surface area contributed by atoms with Crippen LogP contribution in [0.2, 0.25) is 0 Å². The van der Waals surface area contributed by atoms with E-state index in [0.29, 0.717) is 5.41 Å². The first-order chi connectivity index (χ1) is 16.5. The van der Waals surface area contributed by atoms with Crippen LogP contribution in [-0.4, -0.2) is 57.1 Å². The molecule has 1 spiro atoms. The Morgan fingerprint density at radius 2 is 1.91 bits per heavy atom. The van der Waals surface area contributed by atoms with Gasteiger partial charge >= 0.3 is 0 Å². The van der Waals surface area contributed by atoms with Gasteiger partial charge in [0.25, 0.3) is 0 Å². The fourth-order valence-corrected chi connectivity index (χ4v) is 5.72. The molecule has 4 aromatic heterocycles. The highest BCUT2D eigenvalue weighted by Crippen LogP contribution is 2.41. The molecule has 0 saturated carbocycles. The highest BCUT2D eigenvalue weighted by molar-refractivity contribution is 7.18. The molecule has 2 aliphatic rings. The Bertz CT molecular complexity index is 1330. The first kappa shape index (κ1) is 21.5. The third-order valence-corrected chi connectivity index (χ3v) is 7.82. The first-order valence-corrected chi connectivity index (χ1v) is 12.7. The van der Waals surface area contributed by atoms with E-state index in [1.807, 2.05) is 16.9 Å². The second kappa shape index (κ2) is 8.32. The third kappa shape index (κ3) is 3.82. The van der Waals surface area contributed by atoms with Crippen LogP contribution in [-0.2, 0) is 4.74 Å². The number of hydrogen-bond acceptors (Lipinski definition) is 8. The van der Waals surface area contributed by atoms with E-state index in [9.17, 15) is 0 Å². The Labute approximate surface area is 203 Å². The summed E-state index contributed by atoms with van der Waals surface area (Å²) in [5.41, 5.74) is 6.44. The van der Waals surface area contributed by atoms with E-state index in [-0.39, 0.29) is 6.04 Å². The van der Waals surface area contributed by atoms with Crippen molar-refractivity contribution in [2.24, 2.45) is 5.41 Å². The number of rotatable bonds is 5. The number of ether oxygens (including phenoxy) is 1. The molecule has 0 amide bonds. The van der Waals surface area contributed by atoms with Crippen molar-refractivity contribution in [2.45, 2.75) is 39.7 Å². The largest absolute Gasteiger partial charge is 0.382 e. The Hall–Kier alpha value is -3.04. The molecule has 6 heterocycles. The van der Waals surface area contributed by atoms with Crippen LogP contribution in [0.5, 0.6) is 0 Å². The van der Waals surface area contributed by atoms with E-state index >= 15 is 0 Å². The molecule has 34 heavy (non-hydrogen) atoms. The van der Waals surface area contributed by atoms with E-state index in [2.05, 4.69) is 70.5 Å². The minimum Gasteiger partial charge on any atom is -0.382 e. The molecular weight excluding hydrogens is 446 g/mol. The second-order valence-electron chi connectivity index (χ2n) is 9.87. The maximum atomic E-state index is 5.47. The molecule has 6 rings (SSSR count). The molecule has 4 aromatic rings. The molecule has 0 bridgehead atoms. The molecule has 0 radical (unpaired) electrons. The summed E-state index contributed by atoms with van der Waals surface area (Å²) < 4.78 is 7.40. The van der Waals surface area contributed by atoms with Gasteiger partial charge in [-0.05, 0) is 63.4 Å². The lowest BCUT2D eigenvalue weighted by molar-refractivity contribution is -0.124. The molecular formula is C25H29N7OS. The maximum Gasteiger partial charge on any atom is 0.208 e. The molecule has 2 fully saturated rings. The maximum absolute atomic E-state index is 5.47. The van der Waals surface area contributed by atoms with Crippen LogP contribution in [0.3, 0.4) is 0 Å². The lowest BCUT2D eigenvalue weighted by Crippen LogP contribution is -2.50. The number of hydrogen-bond donors (Lipinski definition) is 1. The smallest absolute Gasteiger partial charge is 0.208 e. The van der Waals surface area contributed by atoms with Crippen molar-refractivity contribution in [2.75, 3.05) is 36.5 Å².